The van der Waals surface area contributed by atoms with E-state index in [9.17, 15) is 5.11 Å². The lowest BCUT2D eigenvalue weighted by Crippen LogP contribution is -2.46. The van der Waals surface area contributed by atoms with Crippen LogP contribution in [0.15, 0.2) is 0 Å². The second-order valence-corrected chi connectivity index (χ2v) is 4.34. The minimum atomic E-state index is -0.641. The van der Waals surface area contributed by atoms with Crippen LogP contribution < -0.4 is 5.32 Å². The van der Waals surface area contributed by atoms with Gasteiger partial charge in [-0.25, -0.2) is 0 Å². The third-order valence-corrected chi connectivity index (χ3v) is 2.36. The van der Waals surface area contributed by atoms with Crippen molar-refractivity contribution in [2.24, 2.45) is 5.41 Å². The van der Waals surface area contributed by atoms with Gasteiger partial charge in [-0.1, -0.05) is 13.8 Å². The van der Waals surface area contributed by atoms with Gasteiger partial charge in [0, 0.05) is 24.5 Å². The molecule has 0 radical (unpaired) electrons. The van der Waals surface area contributed by atoms with Gasteiger partial charge in [-0.15, -0.1) is 12.3 Å². The molecular formula is C11H21NO2. The summed E-state index contributed by atoms with van der Waals surface area (Å²) in [5, 5.41) is 21.6. The summed E-state index contributed by atoms with van der Waals surface area (Å²) >= 11 is 0. The highest BCUT2D eigenvalue weighted by Gasteiger charge is 2.27. The Balaban J connectivity index is 4.06. The molecule has 0 aliphatic carbocycles. The van der Waals surface area contributed by atoms with Gasteiger partial charge in [0.25, 0.3) is 0 Å². The summed E-state index contributed by atoms with van der Waals surface area (Å²) < 4.78 is 0. The third-order valence-electron chi connectivity index (χ3n) is 2.36. The first-order valence-electron chi connectivity index (χ1n) is 4.92. The van der Waals surface area contributed by atoms with E-state index in [1.165, 1.54) is 0 Å². The van der Waals surface area contributed by atoms with Gasteiger partial charge in [0.2, 0.25) is 0 Å². The molecule has 0 fully saturated rings. The molecule has 3 N–H and O–H groups in total. The number of aliphatic hydroxyl groups excluding tert-OH is 2. The van der Waals surface area contributed by atoms with Crippen LogP contribution in [0.3, 0.4) is 0 Å². The Bertz CT molecular complexity index is 196. The van der Waals surface area contributed by atoms with Crippen molar-refractivity contribution in [3.05, 3.63) is 0 Å². The van der Waals surface area contributed by atoms with Crippen LogP contribution in [0, 0.1) is 17.8 Å². The van der Waals surface area contributed by atoms with Crippen molar-refractivity contribution in [2.45, 2.75) is 45.9 Å². The Morgan fingerprint density at radius 1 is 1.50 bits per heavy atom. The normalized spacial score (nSPS) is 16.0. The Labute approximate surface area is 86.5 Å². The van der Waals surface area contributed by atoms with Crippen LogP contribution in [0.25, 0.3) is 0 Å². The van der Waals surface area contributed by atoms with Crippen molar-refractivity contribution < 1.29 is 10.2 Å². The van der Waals surface area contributed by atoms with Gasteiger partial charge >= 0.3 is 0 Å². The predicted molar refractivity (Wildman–Crippen MR) is 57.5 cm³/mol. The standard InChI is InChI=1S/C11H21NO2/c1-5-6-9(2)12-10(14)11(3,4)7-8-13/h1,9-10,12-14H,6-8H2,2-4H3. The average molecular weight is 199 g/mol. The molecule has 0 amide bonds. The monoisotopic (exact) mass is 199 g/mol. The zero-order chi connectivity index (χ0) is 11.2. The van der Waals surface area contributed by atoms with E-state index in [0.29, 0.717) is 12.8 Å². The maximum absolute atomic E-state index is 9.81. The topological polar surface area (TPSA) is 52.5 Å². The summed E-state index contributed by atoms with van der Waals surface area (Å²) in [7, 11) is 0. The van der Waals surface area contributed by atoms with Crippen LogP contribution in [0.1, 0.15) is 33.6 Å². The maximum Gasteiger partial charge on any atom is 0.110 e. The van der Waals surface area contributed by atoms with E-state index in [1.54, 1.807) is 0 Å². The van der Waals surface area contributed by atoms with Crippen LogP contribution in [0.4, 0.5) is 0 Å². The molecule has 14 heavy (non-hydrogen) atoms. The van der Waals surface area contributed by atoms with Crippen molar-refractivity contribution >= 4 is 0 Å². The summed E-state index contributed by atoms with van der Waals surface area (Å²) in [5.41, 5.74) is -0.336. The molecule has 0 aromatic rings. The largest absolute Gasteiger partial charge is 0.396 e. The lowest BCUT2D eigenvalue weighted by molar-refractivity contribution is -0.000237. The van der Waals surface area contributed by atoms with Crippen molar-refractivity contribution in [3.8, 4) is 12.3 Å². The van der Waals surface area contributed by atoms with Crippen molar-refractivity contribution in [3.63, 3.8) is 0 Å². The van der Waals surface area contributed by atoms with E-state index in [4.69, 9.17) is 11.5 Å². The highest BCUT2D eigenvalue weighted by molar-refractivity contribution is 4.89. The van der Waals surface area contributed by atoms with E-state index in [0.717, 1.165) is 0 Å². The lowest BCUT2D eigenvalue weighted by atomic mass is 9.87. The zero-order valence-electron chi connectivity index (χ0n) is 9.25. The second kappa shape index (κ2) is 6.02. The number of hydrogen-bond acceptors (Lipinski definition) is 3. The number of rotatable bonds is 6. The fourth-order valence-corrected chi connectivity index (χ4v) is 1.16. The number of hydrogen-bond donors (Lipinski definition) is 3. The molecule has 2 atom stereocenters. The average Bonchev–Trinajstić information content (AvgIpc) is 2.04. The van der Waals surface area contributed by atoms with E-state index >= 15 is 0 Å². The van der Waals surface area contributed by atoms with Crippen molar-refractivity contribution in [1.82, 2.24) is 5.32 Å². The van der Waals surface area contributed by atoms with E-state index in [1.807, 2.05) is 20.8 Å². The molecule has 0 spiro atoms. The number of terminal acetylenes is 1. The van der Waals surface area contributed by atoms with Crippen LogP contribution in [0.2, 0.25) is 0 Å². The second-order valence-electron chi connectivity index (χ2n) is 4.34. The fraction of sp³-hybridized carbons (Fsp3) is 0.818. The molecule has 0 aliphatic rings. The van der Waals surface area contributed by atoms with Crippen LogP contribution in [0.5, 0.6) is 0 Å². The van der Waals surface area contributed by atoms with Crippen molar-refractivity contribution in [1.29, 1.82) is 0 Å². The lowest BCUT2D eigenvalue weighted by Gasteiger charge is -2.32. The molecule has 0 aliphatic heterocycles. The van der Waals surface area contributed by atoms with Crippen LogP contribution in [-0.2, 0) is 0 Å². The van der Waals surface area contributed by atoms with Gasteiger partial charge in [0.1, 0.15) is 6.23 Å². The molecule has 82 valence electrons. The molecule has 0 saturated heterocycles. The first kappa shape index (κ1) is 13.4. The summed E-state index contributed by atoms with van der Waals surface area (Å²) in [6.45, 7) is 5.82. The molecule has 0 aromatic heterocycles. The van der Waals surface area contributed by atoms with Gasteiger partial charge in [-0.05, 0) is 13.3 Å². The van der Waals surface area contributed by atoms with Gasteiger partial charge in [0.05, 0.1) is 0 Å². The molecule has 3 heteroatoms. The Morgan fingerprint density at radius 2 is 2.07 bits per heavy atom. The first-order chi connectivity index (χ1) is 6.44. The van der Waals surface area contributed by atoms with Gasteiger partial charge in [-0.2, -0.15) is 0 Å². The van der Waals surface area contributed by atoms with E-state index < -0.39 is 6.23 Å². The van der Waals surface area contributed by atoms with Gasteiger partial charge in [-0.3, -0.25) is 5.32 Å². The van der Waals surface area contributed by atoms with Crippen LogP contribution >= 0.6 is 0 Å². The molecule has 0 heterocycles. The molecule has 0 rings (SSSR count). The van der Waals surface area contributed by atoms with Crippen molar-refractivity contribution in [2.75, 3.05) is 6.61 Å². The molecule has 2 unspecified atom stereocenters. The number of nitrogens with one attached hydrogen (secondary N) is 1. The maximum atomic E-state index is 9.81. The molecule has 3 nitrogen and oxygen atoms in total. The SMILES string of the molecule is C#CCC(C)NC(O)C(C)(C)CCO. The highest BCUT2D eigenvalue weighted by Crippen LogP contribution is 2.23. The predicted octanol–water partition coefficient (Wildman–Crippen LogP) is 0.715. The van der Waals surface area contributed by atoms with Crippen LogP contribution in [-0.4, -0.2) is 29.1 Å². The van der Waals surface area contributed by atoms with Gasteiger partial charge in [0.15, 0.2) is 0 Å². The molecule has 0 bridgehead atoms. The third kappa shape index (κ3) is 4.61. The smallest absolute Gasteiger partial charge is 0.110 e. The first-order valence-corrected chi connectivity index (χ1v) is 4.92. The Hall–Kier alpha value is -0.560. The molecular weight excluding hydrogens is 178 g/mol. The summed E-state index contributed by atoms with van der Waals surface area (Å²) in [4.78, 5) is 0. The van der Waals surface area contributed by atoms with E-state index in [2.05, 4.69) is 11.2 Å². The summed E-state index contributed by atoms with van der Waals surface area (Å²) in [6.07, 6.45) is 5.67. The summed E-state index contributed by atoms with van der Waals surface area (Å²) in [6, 6.07) is 0.0907. The molecule has 0 saturated carbocycles. The zero-order valence-corrected chi connectivity index (χ0v) is 9.25. The minimum absolute atomic E-state index is 0.0786. The summed E-state index contributed by atoms with van der Waals surface area (Å²) in [5.74, 6) is 2.53. The fourth-order valence-electron chi connectivity index (χ4n) is 1.16. The van der Waals surface area contributed by atoms with Gasteiger partial charge < -0.3 is 10.2 Å². The Kier molecular flexibility index (Phi) is 5.78. The minimum Gasteiger partial charge on any atom is -0.396 e. The Morgan fingerprint density at radius 3 is 2.50 bits per heavy atom. The number of aliphatic hydroxyl groups is 2. The quantitative estimate of drug-likeness (QED) is 0.436. The van der Waals surface area contributed by atoms with E-state index in [-0.39, 0.29) is 18.1 Å². The highest BCUT2D eigenvalue weighted by atomic mass is 16.3. The molecule has 0 aromatic carbocycles.